The average Bonchev–Trinajstić information content (AvgIpc) is 3.30. The molecule has 0 spiro atoms. The summed E-state index contributed by atoms with van der Waals surface area (Å²) < 4.78 is 23.6. The van der Waals surface area contributed by atoms with Gasteiger partial charge in [0.2, 0.25) is 0 Å². The molecule has 1 unspecified atom stereocenters. The van der Waals surface area contributed by atoms with Gasteiger partial charge in [-0.2, -0.15) is 0 Å². The molecule has 3 saturated heterocycles. The monoisotopic (exact) mass is 380 g/mol. The Kier molecular flexibility index (Phi) is 9.63. The lowest BCUT2D eigenvalue weighted by molar-refractivity contribution is -0.161. The first-order valence-electron chi connectivity index (χ1n) is 11.5. The van der Waals surface area contributed by atoms with Crippen molar-refractivity contribution >= 4 is 0 Å². The van der Waals surface area contributed by atoms with Crippen LogP contribution < -0.4 is 0 Å². The number of rotatable bonds is 13. The smallest absolute Gasteiger partial charge is 0.157 e. The molecule has 0 N–H and O–H groups in total. The Balaban J connectivity index is 1.30. The summed E-state index contributed by atoms with van der Waals surface area (Å²) in [4.78, 5) is 0. The van der Waals surface area contributed by atoms with Gasteiger partial charge in [0.1, 0.15) is 0 Å². The van der Waals surface area contributed by atoms with Crippen molar-refractivity contribution in [3.8, 4) is 0 Å². The topological polar surface area (TPSA) is 36.9 Å². The van der Waals surface area contributed by atoms with E-state index >= 15 is 0 Å². The maximum Gasteiger partial charge on any atom is 0.157 e. The summed E-state index contributed by atoms with van der Waals surface area (Å²) in [5.41, 5.74) is 0. The standard InChI is InChI=1S/C23H40O4/c1-2-3-4-8-15-24-18-20-19(21-13-14-22(20)27-21)11-6-5-9-16-25-23-12-7-10-17-26-23/h5-6,19-23H,2-4,7-18H2,1H3/t19?,20-,21+,22-,23+/m0/s1. The van der Waals surface area contributed by atoms with Gasteiger partial charge in [0.25, 0.3) is 0 Å². The second kappa shape index (κ2) is 12.2. The van der Waals surface area contributed by atoms with Crippen molar-refractivity contribution in [1.29, 1.82) is 0 Å². The zero-order valence-corrected chi connectivity index (χ0v) is 17.3. The normalized spacial score (nSPS) is 33.3. The van der Waals surface area contributed by atoms with Gasteiger partial charge in [-0.15, -0.1) is 0 Å². The van der Waals surface area contributed by atoms with Crippen molar-refractivity contribution in [2.45, 2.75) is 96.1 Å². The van der Waals surface area contributed by atoms with Crippen LogP contribution in [0, 0.1) is 11.8 Å². The van der Waals surface area contributed by atoms with Crippen molar-refractivity contribution < 1.29 is 18.9 Å². The fourth-order valence-corrected chi connectivity index (χ4v) is 4.76. The number of hydrogen-bond acceptors (Lipinski definition) is 4. The predicted octanol–water partition coefficient (Wildman–Crippen LogP) is 5.26. The zero-order chi connectivity index (χ0) is 18.7. The van der Waals surface area contributed by atoms with E-state index in [1.165, 1.54) is 51.4 Å². The summed E-state index contributed by atoms with van der Waals surface area (Å²) in [7, 11) is 0. The van der Waals surface area contributed by atoms with Gasteiger partial charge in [0.05, 0.1) is 25.4 Å². The summed E-state index contributed by atoms with van der Waals surface area (Å²) in [6.07, 6.45) is 18.7. The van der Waals surface area contributed by atoms with Crippen LogP contribution in [0.4, 0.5) is 0 Å². The molecule has 3 heterocycles. The number of ether oxygens (including phenoxy) is 4. The van der Waals surface area contributed by atoms with Crippen molar-refractivity contribution in [2.24, 2.45) is 11.8 Å². The SMILES string of the molecule is CCCCCCOC[C@H]1C(CC=CCCO[C@H]2CCCCO2)[C@H]2CC[C@@H]1O2. The van der Waals surface area contributed by atoms with E-state index in [1.54, 1.807) is 0 Å². The van der Waals surface area contributed by atoms with E-state index in [1.807, 2.05) is 0 Å². The first-order valence-corrected chi connectivity index (χ1v) is 11.5. The van der Waals surface area contributed by atoms with Crippen molar-refractivity contribution in [2.75, 3.05) is 26.4 Å². The Morgan fingerprint density at radius 2 is 1.81 bits per heavy atom. The molecular formula is C23H40O4. The Morgan fingerprint density at radius 1 is 0.926 bits per heavy atom. The molecule has 5 atom stereocenters. The Bertz CT molecular complexity index is 419. The molecule has 3 aliphatic heterocycles. The maximum absolute atomic E-state index is 6.20. The molecule has 0 radical (unpaired) electrons. The van der Waals surface area contributed by atoms with E-state index in [4.69, 9.17) is 18.9 Å². The molecule has 0 aromatic rings. The van der Waals surface area contributed by atoms with Gasteiger partial charge < -0.3 is 18.9 Å². The highest BCUT2D eigenvalue weighted by molar-refractivity contribution is 4.99. The second-order valence-electron chi connectivity index (χ2n) is 8.42. The molecule has 4 nitrogen and oxygen atoms in total. The van der Waals surface area contributed by atoms with Crippen LogP contribution >= 0.6 is 0 Å². The molecule has 156 valence electrons. The minimum Gasteiger partial charge on any atom is -0.381 e. The molecule has 3 rings (SSSR count). The van der Waals surface area contributed by atoms with Crippen LogP contribution in [0.2, 0.25) is 0 Å². The lowest BCUT2D eigenvalue weighted by Gasteiger charge is -2.27. The number of unbranched alkanes of at least 4 members (excludes halogenated alkanes) is 3. The predicted molar refractivity (Wildman–Crippen MR) is 108 cm³/mol. The van der Waals surface area contributed by atoms with Gasteiger partial charge >= 0.3 is 0 Å². The number of fused-ring (bicyclic) bond motifs is 2. The van der Waals surface area contributed by atoms with E-state index in [9.17, 15) is 0 Å². The zero-order valence-electron chi connectivity index (χ0n) is 17.3. The number of hydrogen-bond donors (Lipinski definition) is 0. The Hall–Kier alpha value is -0.420. The molecule has 0 aliphatic carbocycles. The van der Waals surface area contributed by atoms with E-state index in [-0.39, 0.29) is 6.29 Å². The van der Waals surface area contributed by atoms with Crippen LogP contribution in [0.5, 0.6) is 0 Å². The molecule has 0 aromatic heterocycles. The molecule has 0 saturated carbocycles. The van der Waals surface area contributed by atoms with Crippen LogP contribution in [-0.2, 0) is 18.9 Å². The summed E-state index contributed by atoms with van der Waals surface area (Å²) in [5.74, 6) is 1.23. The molecule has 0 aromatic carbocycles. The van der Waals surface area contributed by atoms with Gasteiger partial charge in [-0.1, -0.05) is 38.3 Å². The third kappa shape index (κ3) is 6.85. The highest BCUT2D eigenvalue weighted by Gasteiger charge is 2.48. The minimum absolute atomic E-state index is 0.0324. The lowest BCUT2D eigenvalue weighted by Crippen LogP contribution is -2.30. The van der Waals surface area contributed by atoms with Crippen molar-refractivity contribution in [1.82, 2.24) is 0 Å². The van der Waals surface area contributed by atoms with Crippen LogP contribution in [0.15, 0.2) is 12.2 Å². The maximum atomic E-state index is 6.20. The molecule has 3 aliphatic rings. The van der Waals surface area contributed by atoms with Gasteiger partial charge in [-0.3, -0.25) is 0 Å². The third-order valence-corrected chi connectivity index (χ3v) is 6.34. The molecule has 4 heteroatoms. The quantitative estimate of drug-likeness (QED) is 0.323. The summed E-state index contributed by atoms with van der Waals surface area (Å²) in [6, 6.07) is 0. The summed E-state index contributed by atoms with van der Waals surface area (Å²) in [6.45, 7) is 5.66. The fourth-order valence-electron chi connectivity index (χ4n) is 4.76. The molecule has 0 amide bonds. The van der Waals surface area contributed by atoms with E-state index in [0.717, 1.165) is 45.7 Å². The first-order chi connectivity index (χ1) is 13.4. The van der Waals surface area contributed by atoms with Gasteiger partial charge in [-0.05, 0) is 57.3 Å². The second-order valence-corrected chi connectivity index (χ2v) is 8.42. The van der Waals surface area contributed by atoms with E-state index in [0.29, 0.717) is 24.0 Å². The van der Waals surface area contributed by atoms with Gasteiger partial charge in [-0.25, -0.2) is 0 Å². The first kappa shape index (κ1) is 21.3. The van der Waals surface area contributed by atoms with Crippen LogP contribution in [-0.4, -0.2) is 44.9 Å². The Morgan fingerprint density at radius 3 is 2.63 bits per heavy atom. The van der Waals surface area contributed by atoms with E-state index < -0.39 is 0 Å². The van der Waals surface area contributed by atoms with Gasteiger partial charge in [0, 0.05) is 19.1 Å². The molecule has 27 heavy (non-hydrogen) atoms. The highest BCUT2D eigenvalue weighted by Crippen LogP contribution is 2.45. The minimum atomic E-state index is 0.0324. The summed E-state index contributed by atoms with van der Waals surface area (Å²) >= 11 is 0. The summed E-state index contributed by atoms with van der Waals surface area (Å²) in [5, 5.41) is 0. The largest absolute Gasteiger partial charge is 0.381 e. The highest BCUT2D eigenvalue weighted by atomic mass is 16.7. The molecular weight excluding hydrogens is 340 g/mol. The van der Waals surface area contributed by atoms with Crippen LogP contribution in [0.25, 0.3) is 0 Å². The van der Waals surface area contributed by atoms with E-state index in [2.05, 4.69) is 19.1 Å². The molecule has 2 bridgehead atoms. The van der Waals surface area contributed by atoms with Gasteiger partial charge in [0.15, 0.2) is 6.29 Å². The van der Waals surface area contributed by atoms with Crippen molar-refractivity contribution in [3.05, 3.63) is 12.2 Å². The third-order valence-electron chi connectivity index (χ3n) is 6.34. The fraction of sp³-hybridized carbons (Fsp3) is 0.913. The van der Waals surface area contributed by atoms with Crippen LogP contribution in [0.3, 0.4) is 0 Å². The Labute approximate surface area is 166 Å². The average molecular weight is 381 g/mol. The lowest BCUT2D eigenvalue weighted by atomic mass is 9.78. The number of allylic oxidation sites excluding steroid dienone is 1. The van der Waals surface area contributed by atoms with Crippen molar-refractivity contribution in [3.63, 3.8) is 0 Å². The van der Waals surface area contributed by atoms with Crippen LogP contribution in [0.1, 0.15) is 77.6 Å². The molecule has 3 fully saturated rings.